The fourth-order valence-electron chi connectivity index (χ4n) is 3.10. The molecule has 0 aliphatic heterocycles. The largest absolute Gasteiger partial charge is 0.352 e. The van der Waals surface area contributed by atoms with Gasteiger partial charge in [0.1, 0.15) is 6.04 Å². The van der Waals surface area contributed by atoms with Gasteiger partial charge < -0.3 is 10.2 Å². The van der Waals surface area contributed by atoms with Crippen molar-refractivity contribution in [1.82, 2.24) is 10.2 Å². The molecule has 1 atom stereocenters. The second kappa shape index (κ2) is 11.7. The average molecular weight is 413 g/mol. The van der Waals surface area contributed by atoms with Crippen LogP contribution in [0.4, 0.5) is 0 Å². The van der Waals surface area contributed by atoms with Crippen molar-refractivity contribution in [3.05, 3.63) is 71.3 Å². The molecule has 0 bridgehead atoms. The molecule has 4 nitrogen and oxygen atoms in total. The summed E-state index contributed by atoms with van der Waals surface area (Å²) in [5.74, 6) is 1.04. The van der Waals surface area contributed by atoms with Gasteiger partial charge in [0.25, 0.3) is 0 Å². The van der Waals surface area contributed by atoms with Gasteiger partial charge in [0, 0.05) is 18.3 Å². The molecule has 1 N–H and O–H groups in total. The molecule has 5 heteroatoms. The fraction of sp³-hybridized carbons (Fsp3) is 0.417. The smallest absolute Gasteiger partial charge is 0.243 e. The predicted octanol–water partition coefficient (Wildman–Crippen LogP) is 4.56. The molecule has 0 heterocycles. The Balaban J connectivity index is 2.11. The molecule has 0 fully saturated rings. The first kappa shape index (κ1) is 23.0. The Labute approximate surface area is 179 Å². The molecule has 0 saturated heterocycles. The quantitative estimate of drug-likeness (QED) is 0.622. The van der Waals surface area contributed by atoms with Gasteiger partial charge in [-0.15, -0.1) is 11.8 Å². The van der Waals surface area contributed by atoms with E-state index in [1.165, 1.54) is 11.1 Å². The molecule has 2 aromatic rings. The van der Waals surface area contributed by atoms with Gasteiger partial charge in [0.15, 0.2) is 0 Å². The van der Waals surface area contributed by atoms with E-state index in [1.54, 1.807) is 16.7 Å². The van der Waals surface area contributed by atoms with Crippen LogP contribution in [0.2, 0.25) is 0 Å². The minimum atomic E-state index is -0.469. The first-order valence-electron chi connectivity index (χ1n) is 10.2. The summed E-state index contributed by atoms with van der Waals surface area (Å²) in [5.41, 5.74) is 3.41. The maximum absolute atomic E-state index is 13.1. The minimum Gasteiger partial charge on any atom is -0.352 e. The summed E-state index contributed by atoms with van der Waals surface area (Å²) < 4.78 is 0. The molecule has 0 saturated carbocycles. The lowest BCUT2D eigenvalue weighted by molar-refractivity contribution is -0.139. The molecule has 2 amide bonds. The SMILES string of the molecule is CC[C@H](C(=O)NC(C)C)N(Cc1ccc(C)cc1)C(=O)CSCc1ccccc1. The predicted molar refractivity (Wildman–Crippen MR) is 122 cm³/mol. The zero-order valence-electron chi connectivity index (χ0n) is 17.9. The Bertz CT molecular complexity index is 775. The average Bonchev–Trinajstić information content (AvgIpc) is 2.69. The highest BCUT2D eigenvalue weighted by atomic mass is 32.2. The lowest BCUT2D eigenvalue weighted by Gasteiger charge is -2.31. The maximum Gasteiger partial charge on any atom is 0.243 e. The Morgan fingerprint density at radius 1 is 1.00 bits per heavy atom. The molecule has 0 radical (unpaired) electrons. The molecule has 0 spiro atoms. The summed E-state index contributed by atoms with van der Waals surface area (Å²) >= 11 is 1.59. The van der Waals surface area contributed by atoms with E-state index in [0.29, 0.717) is 18.7 Å². The minimum absolute atomic E-state index is 0.00253. The second-order valence-corrected chi connectivity index (χ2v) is 8.56. The van der Waals surface area contributed by atoms with Crippen molar-refractivity contribution in [3.63, 3.8) is 0 Å². The molecule has 0 unspecified atom stereocenters. The van der Waals surface area contributed by atoms with Crippen LogP contribution in [-0.2, 0) is 21.9 Å². The van der Waals surface area contributed by atoms with E-state index in [9.17, 15) is 9.59 Å². The third kappa shape index (κ3) is 7.58. The molecule has 0 aromatic heterocycles. The van der Waals surface area contributed by atoms with E-state index in [-0.39, 0.29) is 17.9 Å². The van der Waals surface area contributed by atoms with Gasteiger partial charge in [0.05, 0.1) is 5.75 Å². The molecule has 29 heavy (non-hydrogen) atoms. The lowest BCUT2D eigenvalue weighted by Crippen LogP contribution is -2.50. The summed E-state index contributed by atoms with van der Waals surface area (Å²) in [6.45, 7) is 8.31. The van der Waals surface area contributed by atoms with E-state index < -0.39 is 6.04 Å². The van der Waals surface area contributed by atoms with Crippen LogP contribution in [0.1, 0.15) is 43.9 Å². The third-order valence-corrected chi connectivity index (χ3v) is 5.62. The monoisotopic (exact) mass is 412 g/mol. The van der Waals surface area contributed by atoms with E-state index in [0.717, 1.165) is 11.3 Å². The number of benzene rings is 2. The fourth-order valence-corrected chi connectivity index (χ4v) is 3.97. The van der Waals surface area contributed by atoms with E-state index in [2.05, 4.69) is 17.4 Å². The van der Waals surface area contributed by atoms with Gasteiger partial charge in [-0.3, -0.25) is 9.59 Å². The van der Waals surface area contributed by atoms with Crippen LogP contribution in [0.5, 0.6) is 0 Å². The van der Waals surface area contributed by atoms with Gasteiger partial charge in [-0.2, -0.15) is 0 Å². The maximum atomic E-state index is 13.1. The third-order valence-electron chi connectivity index (χ3n) is 4.63. The summed E-state index contributed by atoms with van der Waals surface area (Å²) in [6.07, 6.45) is 0.583. The van der Waals surface area contributed by atoms with Crippen molar-refractivity contribution in [3.8, 4) is 0 Å². The number of nitrogens with one attached hydrogen (secondary N) is 1. The highest BCUT2D eigenvalue weighted by Gasteiger charge is 2.28. The molecule has 0 aliphatic carbocycles. The number of amides is 2. The van der Waals surface area contributed by atoms with Gasteiger partial charge in [-0.1, -0.05) is 67.1 Å². The number of nitrogens with zero attached hydrogens (tertiary/aromatic N) is 1. The number of carbonyl (C=O) groups is 2. The summed E-state index contributed by atoms with van der Waals surface area (Å²) in [5, 5.41) is 2.97. The number of aryl methyl sites for hydroxylation is 1. The topological polar surface area (TPSA) is 49.4 Å². The normalized spacial score (nSPS) is 11.9. The number of hydrogen-bond donors (Lipinski definition) is 1. The van der Waals surface area contributed by atoms with Gasteiger partial charge in [-0.05, 0) is 38.3 Å². The number of thioether (sulfide) groups is 1. The zero-order chi connectivity index (χ0) is 21.2. The standard InChI is InChI=1S/C24H32N2O2S/c1-5-22(24(28)25-18(2)3)26(15-20-13-11-19(4)12-14-20)23(27)17-29-16-21-9-7-6-8-10-21/h6-14,18,22H,5,15-17H2,1-4H3,(H,25,28)/t22-/m1/s1. The Morgan fingerprint density at radius 2 is 1.66 bits per heavy atom. The van der Waals surface area contributed by atoms with Crippen molar-refractivity contribution in [2.45, 2.75) is 58.5 Å². The summed E-state index contributed by atoms with van der Waals surface area (Å²) in [6, 6.07) is 17.8. The molecule has 2 rings (SSSR count). The van der Waals surface area contributed by atoms with Crippen LogP contribution in [0.25, 0.3) is 0 Å². The summed E-state index contributed by atoms with van der Waals surface area (Å²) in [4.78, 5) is 27.6. The van der Waals surface area contributed by atoms with E-state index >= 15 is 0 Å². The van der Waals surface area contributed by atoms with Crippen LogP contribution in [0, 0.1) is 6.92 Å². The van der Waals surface area contributed by atoms with Crippen molar-refractivity contribution < 1.29 is 9.59 Å². The van der Waals surface area contributed by atoms with Crippen LogP contribution in [0.3, 0.4) is 0 Å². The van der Waals surface area contributed by atoms with Crippen LogP contribution >= 0.6 is 11.8 Å². The molecule has 0 aliphatic rings. The van der Waals surface area contributed by atoms with Gasteiger partial charge >= 0.3 is 0 Å². The van der Waals surface area contributed by atoms with Crippen LogP contribution in [0.15, 0.2) is 54.6 Å². The molecule has 2 aromatic carbocycles. The molecular weight excluding hydrogens is 380 g/mol. The summed E-state index contributed by atoms with van der Waals surface area (Å²) in [7, 11) is 0. The lowest BCUT2D eigenvalue weighted by atomic mass is 10.1. The molecular formula is C24H32N2O2S. The van der Waals surface area contributed by atoms with Crippen molar-refractivity contribution in [2.75, 3.05) is 5.75 Å². The van der Waals surface area contributed by atoms with Crippen molar-refractivity contribution >= 4 is 23.6 Å². The first-order chi connectivity index (χ1) is 13.9. The van der Waals surface area contributed by atoms with Gasteiger partial charge in [0.2, 0.25) is 11.8 Å². The van der Waals surface area contributed by atoms with Gasteiger partial charge in [-0.25, -0.2) is 0 Å². The Hall–Kier alpha value is -2.27. The number of carbonyl (C=O) groups excluding carboxylic acids is 2. The van der Waals surface area contributed by atoms with E-state index in [4.69, 9.17) is 0 Å². The van der Waals surface area contributed by atoms with Crippen LogP contribution in [-0.4, -0.2) is 34.6 Å². The second-order valence-electron chi connectivity index (χ2n) is 7.57. The van der Waals surface area contributed by atoms with Crippen LogP contribution < -0.4 is 5.32 Å². The highest BCUT2D eigenvalue weighted by molar-refractivity contribution is 7.99. The van der Waals surface area contributed by atoms with Crippen molar-refractivity contribution in [2.24, 2.45) is 0 Å². The molecule has 156 valence electrons. The zero-order valence-corrected chi connectivity index (χ0v) is 18.7. The van der Waals surface area contributed by atoms with Crippen molar-refractivity contribution in [1.29, 1.82) is 0 Å². The Kier molecular flexibility index (Phi) is 9.26. The Morgan fingerprint density at radius 3 is 2.24 bits per heavy atom. The first-order valence-corrected chi connectivity index (χ1v) is 11.3. The highest BCUT2D eigenvalue weighted by Crippen LogP contribution is 2.17. The van der Waals surface area contributed by atoms with E-state index in [1.807, 2.05) is 70.2 Å². The number of rotatable bonds is 10. The number of hydrogen-bond acceptors (Lipinski definition) is 3.